The number of hydrogen-bond acceptors (Lipinski definition) is 7. The molecule has 0 aliphatic heterocycles. The topological polar surface area (TPSA) is 120 Å². The third-order valence-electron chi connectivity index (χ3n) is 4.88. The van der Waals surface area contributed by atoms with E-state index in [-0.39, 0.29) is 17.4 Å². The minimum Gasteiger partial charge on any atom is -0.462 e. The van der Waals surface area contributed by atoms with Crippen LogP contribution in [0.25, 0.3) is 5.69 Å². The van der Waals surface area contributed by atoms with Crippen LogP contribution in [0.1, 0.15) is 33.3 Å². The van der Waals surface area contributed by atoms with Crippen LogP contribution in [0.15, 0.2) is 59.6 Å². The highest BCUT2D eigenvalue weighted by Crippen LogP contribution is 2.19. The summed E-state index contributed by atoms with van der Waals surface area (Å²) in [6.07, 6.45) is 1.45. The third-order valence-corrected chi connectivity index (χ3v) is 6.58. The lowest BCUT2D eigenvalue weighted by atomic mass is 10.2. The Bertz CT molecular complexity index is 1250. The summed E-state index contributed by atoms with van der Waals surface area (Å²) in [4.78, 5) is 29.3. The second-order valence-corrected chi connectivity index (χ2v) is 8.83. The highest BCUT2D eigenvalue weighted by molar-refractivity contribution is 7.89. The second kappa shape index (κ2) is 9.94. The lowest BCUT2D eigenvalue weighted by Gasteiger charge is -2.14. The predicted octanol–water partition coefficient (Wildman–Crippen LogP) is 2.79. The molecule has 0 fully saturated rings. The van der Waals surface area contributed by atoms with Crippen molar-refractivity contribution in [3.63, 3.8) is 0 Å². The summed E-state index contributed by atoms with van der Waals surface area (Å²) in [5, 5.41) is 6.95. The van der Waals surface area contributed by atoms with Crippen molar-refractivity contribution in [2.75, 3.05) is 26.1 Å². The number of carbonyl (C=O) groups is 2. The summed E-state index contributed by atoms with van der Waals surface area (Å²) in [5.74, 6) is -0.805. The lowest BCUT2D eigenvalue weighted by Crippen LogP contribution is -2.25. The van der Waals surface area contributed by atoms with Crippen LogP contribution < -0.4 is 5.32 Å². The Hall–Kier alpha value is -3.54. The van der Waals surface area contributed by atoms with E-state index in [4.69, 9.17) is 9.57 Å². The van der Waals surface area contributed by atoms with Crippen molar-refractivity contribution < 1.29 is 27.6 Å². The number of sulfonamides is 1. The Balaban J connectivity index is 1.72. The van der Waals surface area contributed by atoms with Gasteiger partial charge in [-0.2, -0.15) is 5.10 Å². The summed E-state index contributed by atoms with van der Waals surface area (Å²) in [5.41, 5.74) is 2.51. The molecule has 3 rings (SSSR count). The zero-order chi connectivity index (χ0) is 24.2. The molecular formula is C22H24N4O6S. The quantitative estimate of drug-likeness (QED) is 0.395. The number of hydrogen-bond donors (Lipinski definition) is 1. The first-order chi connectivity index (χ1) is 15.7. The standard InChI is InChI=1S/C22H24N4O6S/c1-5-32-22(28)20-14-23-26(15(20)2)18-10-6-16(7-11-18)21(27)24-17-8-12-19(13-9-17)33(29,30)25(3)31-4/h6-14H,5H2,1-4H3,(H,24,27). The highest BCUT2D eigenvalue weighted by atomic mass is 32.2. The van der Waals surface area contributed by atoms with Gasteiger partial charge in [0.15, 0.2) is 0 Å². The molecule has 1 N–H and O–H groups in total. The van der Waals surface area contributed by atoms with Crippen LogP contribution in [0.3, 0.4) is 0 Å². The summed E-state index contributed by atoms with van der Waals surface area (Å²) in [6, 6.07) is 12.4. The number of amides is 1. The first-order valence-corrected chi connectivity index (χ1v) is 11.4. The van der Waals surface area contributed by atoms with Gasteiger partial charge in [0.2, 0.25) is 0 Å². The van der Waals surface area contributed by atoms with Gasteiger partial charge < -0.3 is 10.1 Å². The normalized spacial score (nSPS) is 11.4. The summed E-state index contributed by atoms with van der Waals surface area (Å²) in [7, 11) is -1.22. The summed E-state index contributed by atoms with van der Waals surface area (Å²) in [6.45, 7) is 3.77. The van der Waals surface area contributed by atoms with Gasteiger partial charge in [0.05, 0.1) is 36.2 Å². The molecule has 0 aliphatic rings. The van der Waals surface area contributed by atoms with Crippen molar-refractivity contribution in [1.29, 1.82) is 0 Å². The maximum absolute atomic E-state index is 12.6. The molecule has 11 heteroatoms. The Morgan fingerprint density at radius 3 is 2.30 bits per heavy atom. The van der Waals surface area contributed by atoms with E-state index >= 15 is 0 Å². The van der Waals surface area contributed by atoms with Crippen molar-refractivity contribution in [1.82, 2.24) is 14.2 Å². The van der Waals surface area contributed by atoms with E-state index in [1.165, 1.54) is 44.6 Å². The SMILES string of the molecule is CCOC(=O)c1cnn(-c2ccc(C(=O)Nc3ccc(S(=O)(=O)N(C)OC)cc3)cc2)c1C. The minimum absolute atomic E-state index is 0.0333. The number of nitrogens with zero attached hydrogens (tertiary/aromatic N) is 3. The van der Waals surface area contributed by atoms with Crippen molar-refractivity contribution in [2.45, 2.75) is 18.7 Å². The Kier molecular flexibility index (Phi) is 7.26. The number of rotatable bonds is 8. The zero-order valence-electron chi connectivity index (χ0n) is 18.6. The van der Waals surface area contributed by atoms with Gasteiger partial charge in [0.25, 0.3) is 15.9 Å². The van der Waals surface area contributed by atoms with E-state index in [2.05, 4.69) is 10.4 Å². The number of esters is 1. The molecule has 0 saturated carbocycles. The molecule has 0 aliphatic carbocycles. The maximum atomic E-state index is 12.6. The van der Waals surface area contributed by atoms with Gasteiger partial charge in [0.1, 0.15) is 5.56 Å². The number of carbonyl (C=O) groups excluding carboxylic acids is 2. The molecule has 1 amide bonds. The predicted molar refractivity (Wildman–Crippen MR) is 121 cm³/mol. The second-order valence-electron chi connectivity index (χ2n) is 6.90. The number of benzene rings is 2. The van der Waals surface area contributed by atoms with Crippen LogP contribution in [0.4, 0.5) is 5.69 Å². The zero-order valence-corrected chi connectivity index (χ0v) is 19.4. The van der Waals surface area contributed by atoms with E-state index in [9.17, 15) is 18.0 Å². The average molecular weight is 473 g/mol. The third kappa shape index (κ3) is 5.11. The number of anilines is 1. The summed E-state index contributed by atoms with van der Waals surface area (Å²) < 4.78 is 31.8. The van der Waals surface area contributed by atoms with E-state index in [1.54, 1.807) is 42.8 Å². The van der Waals surface area contributed by atoms with Gasteiger partial charge in [-0.3, -0.25) is 9.63 Å². The molecule has 174 valence electrons. The smallest absolute Gasteiger partial charge is 0.341 e. The molecule has 0 saturated heterocycles. The molecule has 2 aromatic carbocycles. The van der Waals surface area contributed by atoms with E-state index in [0.717, 1.165) is 4.47 Å². The van der Waals surface area contributed by atoms with Gasteiger partial charge in [-0.15, -0.1) is 0 Å². The van der Waals surface area contributed by atoms with Gasteiger partial charge in [-0.05, 0) is 62.4 Å². The monoisotopic (exact) mass is 472 g/mol. The highest BCUT2D eigenvalue weighted by Gasteiger charge is 2.21. The molecule has 0 unspecified atom stereocenters. The fourth-order valence-electron chi connectivity index (χ4n) is 2.99. The molecule has 0 radical (unpaired) electrons. The minimum atomic E-state index is -3.77. The van der Waals surface area contributed by atoms with Crippen LogP contribution in [-0.2, 0) is 19.6 Å². The van der Waals surface area contributed by atoms with Crippen LogP contribution >= 0.6 is 0 Å². The van der Waals surface area contributed by atoms with Crippen molar-refractivity contribution in [3.05, 3.63) is 71.5 Å². The van der Waals surface area contributed by atoms with Crippen molar-refractivity contribution in [2.24, 2.45) is 0 Å². The largest absolute Gasteiger partial charge is 0.462 e. The summed E-state index contributed by atoms with van der Waals surface area (Å²) >= 11 is 0. The fourth-order valence-corrected chi connectivity index (χ4v) is 3.97. The number of nitrogens with one attached hydrogen (secondary N) is 1. The van der Waals surface area contributed by atoms with Gasteiger partial charge in [0, 0.05) is 18.3 Å². The lowest BCUT2D eigenvalue weighted by molar-refractivity contribution is -0.0258. The van der Waals surface area contributed by atoms with Crippen LogP contribution in [0, 0.1) is 6.92 Å². The molecule has 0 bridgehead atoms. The number of ether oxygens (including phenoxy) is 1. The molecule has 1 aromatic heterocycles. The fraction of sp³-hybridized carbons (Fsp3) is 0.227. The Labute approximate surface area is 191 Å². The first-order valence-electron chi connectivity index (χ1n) is 9.95. The van der Waals surface area contributed by atoms with Crippen molar-refractivity contribution >= 4 is 27.6 Å². The van der Waals surface area contributed by atoms with Crippen molar-refractivity contribution in [3.8, 4) is 5.69 Å². The molecule has 1 heterocycles. The van der Waals surface area contributed by atoms with Crippen LogP contribution in [-0.4, -0.2) is 55.3 Å². The molecule has 0 spiro atoms. The van der Waals surface area contributed by atoms with Gasteiger partial charge in [-0.25, -0.2) is 17.9 Å². The molecule has 3 aromatic rings. The number of aromatic nitrogens is 2. The molecular weight excluding hydrogens is 448 g/mol. The Morgan fingerprint density at radius 2 is 1.73 bits per heavy atom. The average Bonchev–Trinajstić information content (AvgIpc) is 3.20. The molecule has 0 atom stereocenters. The first kappa shape index (κ1) is 24.1. The van der Waals surface area contributed by atoms with E-state index < -0.39 is 16.0 Å². The molecule has 10 nitrogen and oxygen atoms in total. The van der Waals surface area contributed by atoms with Gasteiger partial charge in [-0.1, -0.05) is 4.47 Å². The molecule has 33 heavy (non-hydrogen) atoms. The van der Waals surface area contributed by atoms with Crippen LogP contribution in [0.2, 0.25) is 0 Å². The number of hydroxylamine groups is 1. The van der Waals surface area contributed by atoms with Crippen LogP contribution in [0.5, 0.6) is 0 Å². The van der Waals surface area contributed by atoms with E-state index in [0.29, 0.717) is 28.2 Å². The maximum Gasteiger partial charge on any atom is 0.341 e. The van der Waals surface area contributed by atoms with Gasteiger partial charge >= 0.3 is 5.97 Å². The Morgan fingerprint density at radius 1 is 1.09 bits per heavy atom. The van der Waals surface area contributed by atoms with E-state index in [1.807, 2.05) is 0 Å².